The van der Waals surface area contributed by atoms with Crippen molar-refractivity contribution in [1.29, 1.82) is 0 Å². The minimum absolute atomic E-state index is 0.191. The molecular weight excluding hydrogens is 392 g/mol. The molecule has 0 aromatic heterocycles. The maximum absolute atomic E-state index is 12.2. The van der Waals surface area contributed by atoms with Crippen LogP contribution in [0.2, 0.25) is 19.1 Å². The first kappa shape index (κ1) is 24.1. The van der Waals surface area contributed by atoms with Crippen LogP contribution in [0.25, 0.3) is 10.8 Å². The van der Waals surface area contributed by atoms with E-state index >= 15 is 0 Å². The summed E-state index contributed by atoms with van der Waals surface area (Å²) in [5.41, 5.74) is 6.09. The molecule has 30 heavy (non-hydrogen) atoms. The van der Waals surface area contributed by atoms with Crippen molar-refractivity contribution in [3.05, 3.63) is 54.6 Å². The van der Waals surface area contributed by atoms with Crippen LogP contribution in [-0.4, -0.2) is 42.5 Å². The zero-order valence-electron chi connectivity index (χ0n) is 19.1. The standard InChI is InChI=1S/C24H36N2O3Si/c1-8-13-30(6,7)19-14-18-11-9-10-12-20(18)21(15-19)17(2)22(16-27)26(23(25)28)29-24(3,4)5/h8-12,14-15,17,22,27H,1,13,16H2,2-7H3,(H2,25,28). The summed E-state index contributed by atoms with van der Waals surface area (Å²) in [6.45, 7) is 15.9. The largest absolute Gasteiger partial charge is 0.394 e. The first-order chi connectivity index (χ1) is 13.9. The number of hydrogen-bond acceptors (Lipinski definition) is 3. The summed E-state index contributed by atoms with van der Waals surface area (Å²) in [7, 11) is -1.72. The number of allylic oxidation sites excluding steroid dienone is 1. The second-order valence-corrected chi connectivity index (χ2v) is 14.3. The molecule has 0 saturated carbocycles. The van der Waals surface area contributed by atoms with Gasteiger partial charge in [-0.2, -0.15) is 5.06 Å². The van der Waals surface area contributed by atoms with E-state index in [1.165, 1.54) is 5.19 Å². The second kappa shape index (κ2) is 9.33. The molecule has 0 aliphatic heterocycles. The first-order valence-corrected chi connectivity index (χ1v) is 13.6. The number of carbonyl (C=O) groups is 1. The van der Waals surface area contributed by atoms with Crippen LogP contribution >= 0.6 is 0 Å². The third-order valence-corrected chi connectivity index (χ3v) is 8.64. The summed E-state index contributed by atoms with van der Waals surface area (Å²) < 4.78 is 0. The first-order valence-electron chi connectivity index (χ1n) is 10.4. The number of amides is 2. The lowest BCUT2D eigenvalue weighted by atomic mass is 9.89. The number of nitrogens with zero attached hydrogens (tertiary/aromatic N) is 1. The van der Waals surface area contributed by atoms with Crippen molar-refractivity contribution >= 4 is 30.1 Å². The SMILES string of the molecule is C=CC[Si](C)(C)c1cc(C(C)C(CO)N(OC(C)(C)C)C(N)=O)c2ccccc2c1. The molecule has 164 valence electrons. The number of hydrogen-bond donors (Lipinski definition) is 2. The Morgan fingerprint density at radius 2 is 1.93 bits per heavy atom. The van der Waals surface area contributed by atoms with Crippen LogP contribution < -0.4 is 10.9 Å². The zero-order valence-corrected chi connectivity index (χ0v) is 20.1. The molecule has 0 saturated heterocycles. The Balaban J connectivity index is 2.63. The number of aliphatic hydroxyl groups is 1. The number of nitrogens with two attached hydrogens (primary N) is 1. The topological polar surface area (TPSA) is 75.8 Å². The molecule has 0 fully saturated rings. The summed E-state index contributed by atoms with van der Waals surface area (Å²) in [5, 5.41) is 14.9. The van der Waals surface area contributed by atoms with E-state index in [4.69, 9.17) is 10.6 Å². The van der Waals surface area contributed by atoms with Gasteiger partial charge in [0, 0.05) is 5.92 Å². The van der Waals surface area contributed by atoms with Gasteiger partial charge >= 0.3 is 6.03 Å². The van der Waals surface area contributed by atoms with Crippen LogP contribution in [0.4, 0.5) is 4.79 Å². The predicted octanol–water partition coefficient (Wildman–Crippen LogP) is 4.52. The van der Waals surface area contributed by atoms with Crippen molar-refractivity contribution in [2.24, 2.45) is 5.73 Å². The van der Waals surface area contributed by atoms with Crippen LogP contribution in [0, 0.1) is 0 Å². The van der Waals surface area contributed by atoms with Crippen LogP contribution in [-0.2, 0) is 4.84 Å². The lowest BCUT2D eigenvalue weighted by Crippen LogP contribution is -2.51. The Hall–Kier alpha value is -2.15. The number of hydroxylamine groups is 2. The molecule has 2 aromatic carbocycles. The Labute approximate surface area is 181 Å². The zero-order chi connectivity index (χ0) is 22.7. The molecule has 0 heterocycles. The van der Waals surface area contributed by atoms with Crippen LogP contribution in [0.5, 0.6) is 0 Å². The molecule has 3 N–H and O–H groups in total. The van der Waals surface area contributed by atoms with Crippen molar-refractivity contribution in [2.75, 3.05) is 6.61 Å². The lowest BCUT2D eigenvalue weighted by molar-refractivity contribution is -0.220. The van der Waals surface area contributed by atoms with Crippen molar-refractivity contribution < 1.29 is 14.7 Å². The van der Waals surface area contributed by atoms with Gasteiger partial charge in [0.2, 0.25) is 0 Å². The molecule has 2 rings (SSSR count). The lowest BCUT2D eigenvalue weighted by Gasteiger charge is -2.37. The van der Waals surface area contributed by atoms with Gasteiger partial charge in [-0.05, 0) is 43.2 Å². The van der Waals surface area contributed by atoms with Gasteiger partial charge in [-0.3, -0.25) is 4.84 Å². The van der Waals surface area contributed by atoms with E-state index in [1.807, 2.05) is 45.9 Å². The second-order valence-electron chi connectivity index (χ2n) is 9.57. The molecule has 0 aliphatic carbocycles. The summed E-state index contributed by atoms with van der Waals surface area (Å²) in [6.07, 6.45) is 1.99. The smallest absolute Gasteiger partial charge is 0.339 e. The molecule has 0 bridgehead atoms. The van der Waals surface area contributed by atoms with Crippen LogP contribution in [0.3, 0.4) is 0 Å². The molecule has 5 nitrogen and oxygen atoms in total. The average molecular weight is 429 g/mol. The predicted molar refractivity (Wildman–Crippen MR) is 128 cm³/mol. The van der Waals surface area contributed by atoms with Gasteiger partial charge in [0.05, 0.1) is 26.3 Å². The van der Waals surface area contributed by atoms with Gasteiger partial charge in [0.25, 0.3) is 0 Å². The summed E-state index contributed by atoms with van der Waals surface area (Å²) >= 11 is 0. The number of rotatable bonds is 8. The van der Waals surface area contributed by atoms with Gasteiger partial charge in [-0.25, -0.2) is 4.79 Å². The Morgan fingerprint density at radius 1 is 1.30 bits per heavy atom. The van der Waals surface area contributed by atoms with E-state index in [0.717, 1.165) is 27.4 Å². The molecule has 0 aliphatic rings. The summed E-state index contributed by atoms with van der Waals surface area (Å²) in [6, 6.07) is 12.4. The van der Waals surface area contributed by atoms with Gasteiger partial charge in [-0.1, -0.05) is 67.7 Å². The fraction of sp³-hybridized carbons (Fsp3) is 0.458. The fourth-order valence-corrected chi connectivity index (χ4v) is 5.85. The Morgan fingerprint density at radius 3 is 2.47 bits per heavy atom. The highest BCUT2D eigenvalue weighted by atomic mass is 28.3. The van der Waals surface area contributed by atoms with Gasteiger partial charge in [0.1, 0.15) is 0 Å². The number of urea groups is 1. The third kappa shape index (κ3) is 5.50. The average Bonchev–Trinajstić information content (AvgIpc) is 2.65. The molecule has 2 atom stereocenters. The van der Waals surface area contributed by atoms with Gasteiger partial charge < -0.3 is 10.8 Å². The van der Waals surface area contributed by atoms with E-state index < -0.39 is 25.7 Å². The number of carbonyl (C=O) groups excluding carboxylic acids is 1. The number of benzene rings is 2. The van der Waals surface area contributed by atoms with Crippen molar-refractivity contribution in [3.63, 3.8) is 0 Å². The van der Waals surface area contributed by atoms with Crippen LogP contribution in [0.1, 0.15) is 39.2 Å². The van der Waals surface area contributed by atoms with Crippen molar-refractivity contribution in [3.8, 4) is 0 Å². The Kier molecular flexibility index (Phi) is 7.50. The summed E-state index contributed by atoms with van der Waals surface area (Å²) in [4.78, 5) is 18.0. The number of aliphatic hydroxyl groups excluding tert-OH is 1. The molecule has 2 aromatic rings. The fourth-order valence-electron chi connectivity index (χ4n) is 3.80. The minimum Gasteiger partial charge on any atom is -0.394 e. The quantitative estimate of drug-likeness (QED) is 0.369. The van der Waals surface area contributed by atoms with Crippen LogP contribution in [0.15, 0.2) is 49.1 Å². The van der Waals surface area contributed by atoms with Crippen molar-refractivity contribution in [2.45, 2.75) is 64.4 Å². The normalized spacial score (nSPS) is 14.4. The maximum atomic E-state index is 12.2. The highest BCUT2D eigenvalue weighted by molar-refractivity contribution is 6.90. The van der Waals surface area contributed by atoms with Gasteiger partial charge in [-0.15, -0.1) is 6.58 Å². The molecule has 0 radical (unpaired) electrons. The number of fused-ring (bicyclic) bond motifs is 1. The molecule has 2 unspecified atom stereocenters. The van der Waals surface area contributed by atoms with E-state index in [-0.39, 0.29) is 12.5 Å². The highest BCUT2D eigenvalue weighted by Gasteiger charge is 2.33. The monoisotopic (exact) mass is 428 g/mol. The maximum Gasteiger partial charge on any atom is 0.339 e. The Bertz CT molecular complexity index is 905. The molecule has 0 spiro atoms. The minimum atomic E-state index is -1.72. The molecular formula is C24H36N2O3Si. The molecule has 6 heteroatoms. The van der Waals surface area contributed by atoms with E-state index in [1.54, 1.807) is 0 Å². The number of primary amides is 1. The van der Waals surface area contributed by atoms with E-state index in [2.05, 4.69) is 43.9 Å². The summed E-state index contributed by atoms with van der Waals surface area (Å²) in [5.74, 6) is -0.191. The third-order valence-electron chi connectivity index (χ3n) is 5.48. The van der Waals surface area contributed by atoms with Crippen molar-refractivity contribution in [1.82, 2.24) is 5.06 Å². The van der Waals surface area contributed by atoms with Gasteiger partial charge in [0.15, 0.2) is 0 Å². The molecule has 2 amide bonds. The highest BCUT2D eigenvalue weighted by Crippen LogP contribution is 2.31. The van der Waals surface area contributed by atoms with E-state index in [9.17, 15) is 9.90 Å². The van der Waals surface area contributed by atoms with E-state index in [0.29, 0.717) is 0 Å².